The molecule has 0 aliphatic carbocycles. The fourth-order valence-corrected chi connectivity index (χ4v) is 2.71. The summed E-state index contributed by atoms with van der Waals surface area (Å²) in [6.45, 7) is 0.834. The first-order chi connectivity index (χ1) is 10.7. The van der Waals surface area contributed by atoms with Crippen LogP contribution in [0.4, 0.5) is 0 Å². The highest BCUT2D eigenvalue weighted by molar-refractivity contribution is 5.95. The van der Waals surface area contributed by atoms with E-state index in [9.17, 15) is 9.90 Å². The molecule has 0 radical (unpaired) electrons. The van der Waals surface area contributed by atoms with Crippen LogP contribution in [0.1, 0.15) is 27.9 Å². The second-order valence-electron chi connectivity index (χ2n) is 5.57. The van der Waals surface area contributed by atoms with Crippen molar-refractivity contribution in [3.63, 3.8) is 0 Å². The summed E-state index contributed by atoms with van der Waals surface area (Å²) in [5.74, 6) is -0.155. The van der Waals surface area contributed by atoms with Gasteiger partial charge >= 0.3 is 0 Å². The minimum atomic E-state index is -0.644. The normalized spacial score (nSPS) is 21.5. The molecule has 3 N–H and O–H groups in total. The quantitative estimate of drug-likeness (QED) is 0.801. The molecule has 22 heavy (non-hydrogen) atoms. The topological polar surface area (TPSA) is 74.3 Å². The summed E-state index contributed by atoms with van der Waals surface area (Å²) >= 11 is 0. The fraction of sp³-hybridized carbons (Fsp3) is 0.353. The van der Waals surface area contributed by atoms with Crippen LogP contribution in [-0.2, 0) is 11.2 Å². The Morgan fingerprint density at radius 2 is 2.14 bits per heavy atom. The van der Waals surface area contributed by atoms with E-state index in [4.69, 9.17) is 4.74 Å². The molecule has 5 heteroatoms. The van der Waals surface area contributed by atoms with Crippen molar-refractivity contribution in [3.05, 3.63) is 59.4 Å². The molecule has 116 valence electrons. The van der Waals surface area contributed by atoms with Gasteiger partial charge in [0.25, 0.3) is 5.91 Å². The lowest BCUT2D eigenvalue weighted by atomic mass is 10.0. The standard InChI is InChI=1S/C17H20N2O3/c20-16-11-22-7-6-15(16)19-17(21)14-10-18-9-13(14)8-12-4-2-1-3-5-12/h1-5,9-10,15-16,18,20H,6-8,11H2,(H,19,21)/t15-,16-/m1/s1. The van der Waals surface area contributed by atoms with Crippen molar-refractivity contribution >= 4 is 5.91 Å². The first kappa shape index (κ1) is 14.8. The number of aromatic nitrogens is 1. The van der Waals surface area contributed by atoms with Gasteiger partial charge in [-0.2, -0.15) is 0 Å². The predicted octanol–water partition coefficient (Wildman–Crippen LogP) is 1.49. The average Bonchev–Trinajstić information content (AvgIpc) is 2.99. The van der Waals surface area contributed by atoms with E-state index in [-0.39, 0.29) is 18.6 Å². The van der Waals surface area contributed by atoms with Gasteiger partial charge in [-0.15, -0.1) is 0 Å². The van der Waals surface area contributed by atoms with Gasteiger partial charge < -0.3 is 20.1 Å². The van der Waals surface area contributed by atoms with Gasteiger partial charge in [0.15, 0.2) is 0 Å². The smallest absolute Gasteiger partial charge is 0.253 e. The van der Waals surface area contributed by atoms with Crippen LogP contribution in [0.3, 0.4) is 0 Å². The van der Waals surface area contributed by atoms with Crippen molar-refractivity contribution in [1.29, 1.82) is 0 Å². The van der Waals surface area contributed by atoms with Gasteiger partial charge in [0.2, 0.25) is 0 Å². The van der Waals surface area contributed by atoms with E-state index in [1.54, 1.807) is 6.20 Å². The second kappa shape index (κ2) is 6.77. The third-order valence-electron chi connectivity index (χ3n) is 3.96. The lowest BCUT2D eigenvalue weighted by Crippen LogP contribution is -2.48. The fourth-order valence-electron chi connectivity index (χ4n) is 2.71. The SMILES string of the molecule is O=C(N[C@@H]1CCOC[C@H]1O)c1c[nH]cc1Cc1ccccc1. The molecule has 2 aromatic rings. The molecule has 0 saturated carbocycles. The molecule has 0 spiro atoms. The Bertz CT molecular complexity index is 624. The highest BCUT2D eigenvalue weighted by Gasteiger charge is 2.26. The zero-order valence-electron chi connectivity index (χ0n) is 12.3. The van der Waals surface area contributed by atoms with Gasteiger partial charge in [-0.05, 0) is 24.0 Å². The summed E-state index contributed by atoms with van der Waals surface area (Å²) in [7, 11) is 0. The molecule has 1 amide bonds. The summed E-state index contributed by atoms with van der Waals surface area (Å²) in [6, 6.07) is 9.77. The number of hydrogen-bond acceptors (Lipinski definition) is 3. The lowest BCUT2D eigenvalue weighted by Gasteiger charge is -2.28. The Morgan fingerprint density at radius 1 is 1.32 bits per heavy atom. The number of amides is 1. The van der Waals surface area contributed by atoms with Gasteiger partial charge in [-0.25, -0.2) is 0 Å². The van der Waals surface area contributed by atoms with Crippen molar-refractivity contribution < 1.29 is 14.6 Å². The molecule has 3 rings (SSSR count). The number of rotatable bonds is 4. The van der Waals surface area contributed by atoms with Crippen molar-refractivity contribution in [2.24, 2.45) is 0 Å². The Hall–Kier alpha value is -2.11. The summed E-state index contributed by atoms with van der Waals surface area (Å²) in [5, 5.41) is 12.8. The van der Waals surface area contributed by atoms with Gasteiger partial charge in [0.1, 0.15) is 0 Å². The number of H-pyrrole nitrogens is 1. The number of hydrogen-bond donors (Lipinski definition) is 3. The maximum atomic E-state index is 12.4. The molecule has 1 aliphatic rings. The first-order valence-electron chi connectivity index (χ1n) is 7.50. The number of nitrogens with one attached hydrogen (secondary N) is 2. The van der Waals surface area contributed by atoms with Gasteiger partial charge in [0.05, 0.1) is 24.3 Å². The van der Waals surface area contributed by atoms with Crippen molar-refractivity contribution in [3.8, 4) is 0 Å². The van der Waals surface area contributed by atoms with E-state index in [0.29, 0.717) is 25.0 Å². The van der Waals surface area contributed by atoms with Crippen LogP contribution in [0.25, 0.3) is 0 Å². The molecule has 1 aromatic carbocycles. The van der Waals surface area contributed by atoms with E-state index in [2.05, 4.69) is 10.3 Å². The number of aromatic amines is 1. The Kier molecular flexibility index (Phi) is 4.56. The number of benzene rings is 1. The highest BCUT2D eigenvalue weighted by atomic mass is 16.5. The maximum Gasteiger partial charge on any atom is 0.253 e. The number of aliphatic hydroxyl groups excluding tert-OH is 1. The van der Waals surface area contributed by atoms with E-state index in [0.717, 1.165) is 11.1 Å². The third kappa shape index (κ3) is 3.37. The molecule has 1 saturated heterocycles. The lowest BCUT2D eigenvalue weighted by molar-refractivity contribution is -0.0260. The number of ether oxygens (including phenoxy) is 1. The Balaban J connectivity index is 1.69. The minimum absolute atomic E-state index is 0.155. The second-order valence-corrected chi connectivity index (χ2v) is 5.57. The van der Waals surface area contributed by atoms with Crippen LogP contribution in [0.2, 0.25) is 0 Å². The zero-order valence-corrected chi connectivity index (χ0v) is 12.3. The van der Waals surface area contributed by atoms with Crippen molar-refractivity contribution in [2.75, 3.05) is 13.2 Å². The molecule has 5 nitrogen and oxygen atoms in total. The van der Waals surface area contributed by atoms with Crippen LogP contribution in [0.5, 0.6) is 0 Å². The van der Waals surface area contributed by atoms with Crippen LogP contribution >= 0.6 is 0 Å². The summed E-state index contributed by atoms with van der Waals surface area (Å²) in [6.07, 6.45) is 4.24. The summed E-state index contributed by atoms with van der Waals surface area (Å²) < 4.78 is 5.18. The zero-order chi connectivity index (χ0) is 15.4. The molecule has 2 atom stereocenters. The molecule has 0 bridgehead atoms. The Labute approximate surface area is 129 Å². The van der Waals surface area contributed by atoms with E-state index in [1.807, 2.05) is 36.5 Å². The first-order valence-corrected chi connectivity index (χ1v) is 7.50. The van der Waals surface area contributed by atoms with Crippen LogP contribution < -0.4 is 5.32 Å². The highest BCUT2D eigenvalue weighted by Crippen LogP contribution is 2.15. The maximum absolute atomic E-state index is 12.4. The van der Waals surface area contributed by atoms with Gasteiger partial charge in [-0.3, -0.25) is 4.79 Å². The van der Waals surface area contributed by atoms with Crippen LogP contribution in [0, 0.1) is 0 Å². The summed E-state index contributed by atoms with van der Waals surface area (Å²) in [4.78, 5) is 15.4. The molecule has 0 unspecified atom stereocenters. The third-order valence-corrected chi connectivity index (χ3v) is 3.96. The largest absolute Gasteiger partial charge is 0.389 e. The van der Waals surface area contributed by atoms with Crippen LogP contribution in [0.15, 0.2) is 42.7 Å². The number of carbonyl (C=O) groups excluding carboxylic acids is 1. The van der Waals surface area contributed by atoms with Crippen LogP contribution in [-0.4, -0.2) is 41.4 Å². The monoisotopic (exact) mass is 300 g/mol. The van der Waals surface area contributed by atoms with E-state index < -0.39 is 6.10 Å². The molecular formula is C17H20N2O3. The predicted molar refractivity (Wildman–Crippen MR) is 82.7 cm³/mol. The molecular weight excluding hydrogens is 280 g/mol. The van der Waals surface area contributed by atoms with Gasteiger partial charge in [0, 0.05) is 19.0 Å². The molecule has 1 aromatic heterocycles. The average molecular weight is 300 g/mol. The van der Waals surface area contributed by atoms with E-state index in [1.165, 1.54) is 0 Å². The summed E-state index contributed by atoms with van der Waals surface area (Å²) in [5.41, 5.74) is 2.73. The molecule has 2 heterocycles. The number of aliphatic hydroxyl groups is 1. The van der Waals surface area contributed by atoms with Crippen molar-refractivity contribution in [2.45, 2.75) is 25.0 Å². The Morgan fingerprint density at radius 3 is 2.91 bits per heavy atom. The molecule has 1 aliphatic heterocycles. The van der Waals surface area contributed by atoms with Gasteiger partial charge in [-0.1, -0.05) is 30.3 Å². The number of carbonyl (C=O) groups is 1. The minimum Gasteiger partial charge on any atom is -0.389 e. The molecule has 1 fully saturated rings. The van der Waals surface area contributed by atoms with Crippen molar-refractivity contribution in [1.82, 2.24) is 10.3 Å². The van der Waals surface area contributed by atoms with E-state index >= 15 is 0 Å².